The molecule has 0 aliphatic carbocycles. The first-order valence-corrected chi connectivity index (χ1v) is 12.4. The Morgan fingerprint density at radius 2 is 1.34 bits per heavy atom. The summed E-state index contributed by atoms with van der Waals surface area (Å²) in [6.07, 6.45) is 1.35. The molecule has 0 radical (unpaired) electrons. The Hall–Kier alpha value is -2.92. The van der Waals surface area contributed by atoms with Gasteiger partial charge < -0.3 is 14.7 Å². The van der Waals surface area contributed by atoms with Gasteiger partial charge >= 0.3 is 6.18 Å². The highest BCUT2D eigenvalue weighted by Crippen LogP contribution is 2.30. The molecule has 12 heteroatoms. The van der Waals surface area contributed by atoms with E-state index in [1.54, 1.807) is 6.07 Å². The molecule has 190 valence electrons. The van der Waals surface area contributed by atoms with Gasteiger partial charge in [-0.3, -0.25) is 9.59 Å². The number of hydrogen-bond donors (Lipinski definition) is 0. The third kappa shape index (κ3) is 4.92. The molecule has 0 unspecified atom stereocenters. The summed E-state index contributed by atoms with van der Waals surface area (Å²) in [6, 6.07) is 3.10. The lowest BCUT2D eigenvalue weighted by Crippen LogP contribution is -2.48. The van der Waals surface area contributed by atoms with Crippen molar-refractivity contribution in [2.75, 3.05) is 44.2 Å². The molecule has 0 atom stereocenters. The molecule has 0 saturated carbocycles. The number of piperidine rings is 3. The fourth-order valence-electron chi connectivity index (χ4n) is 5.46. The van der Waals surface area contributed by atoms with E-state index in [0.717, 1.165) is 30.4 Å². The van der Waals surface area contributed by atoms with Crippen LogP contribution < -0.4 is 4.90 Å². The Kier molecular flexibility index (Phi) is 6.54. The summed E-state index contributed by atoms with van der Waals surface area (Å²) in [5, 5.41) is 10.9. The molecule has 2 aromatic heterocycles. The van der Waals surface area contributed by atoms with Crippen molar-refractivity contribution in [3.8, 4) is 0 Å². The molecule has 0 N–H and O–H groups in total. The molecule has 0 spiro atoms. The van der Waals surface area contributed by atoms with Gasteiger partial charge in [-0.05, 0) is 57.1 Å². The Morgan fingerprint density at radius 1 is 0.771 bits per heavy atom. The lowest BCUT2D eigenvalue weighted by Gasteiger charge is -2.38. The fraction of sp³-hybridized carbons (Fsp3) is 0.696. The van der Waals surface area contributed by atoms with E-state index in [4.69, 9.17) is 0 Å². The number of carbonyl (C=O) groups excluding carboxylic acids is 2. The maximum Gasteiger partial charge on any atom is 0.453 e. The molecule has 3 saturated heterocycles. The molecule has 3 aliphatic rings. The molecule has 0 aromatic carbocycles. The number of hydrogen-bond acceptors (Lipinski definition) is 6. The van der Waals surface area contributed by atoms with Crippen molar-refractivity contribution in [2.24, 2.45) is 11.8 Å². The van der Waals surface area contributed by atoms with Crippen LogP contribution in [0, 0.1) is 11.8 Å². The molecule has 35 heavy (non-hydrogen) atoms. The number of rotatable bonds is 3. The van der Waals surface area contributed by atoms with Crippen molar-refractivity contribution in [3.63, 3.8) is 0 Å². The van der Waals surface area contributed by atoms with Gasteiger partial charge in [0.05, 0.1) is 0 Å². The topological polar surface area (TPSA) is 86.9 Å². The first-order chi connectivity index (χ1) is 16.8. The molecule has 5 heterocycles. The van der Waals surface area contributed by atoms with Gasteiger partial charge in [-0.15, -0.1) is 15.3 Å². The largest absolute Gasteiger partial charge is 0.453 e. The molecule has 3 fully saturated rings. The molecule has 2 aromatic rings. The van der Waals surface area contributed by atoms with Crippen molar-refractivity contribution >= 4 is 23.3 Å². The smallest absolute Gasteiger partial charge is 0.355 e. The summed E-state index contributed by atoms with van der Waals surface area (Å²) in [6.45, 7) is 3.98. The summed E-state index contributed by atoms with van der Waals surface area (Å²) in [4.78, 5) is 31.7. The van der Waals surface area contributed by atoms with Gasteiger partial charge in [-0.25, -0.2) is 0 Å². The van der Waals surface area contributed by atoms with Crippen molar-refractivity contribution in [1.82, 2.24) is 29.6 Å². The number of alkyl halides is 3. The van der Waals surface area contributed by atoms with E-state index >= 15 is 0 Å². The highest BCUT2D eigenvalue weighted by Gasteiger charge is 2.38. The van der Waals surface area contributed by atoms with Crippen LogP contribution in [-0.4, -0.2) is 80.7 Å². The van der Waals surface area contributed by atoms with Crippen molar-refractivity contribution in [1.29, 1.82) is 0 Å². The van der Waals surface area contributed by atoms with Crippen LogP contribution in [0.1, 0.15) is 50.8 Å². The molecular weight excluding hydrogens is 463 g/mol. The predicted molar refractivity (Wildman–Crippen MR) is 120 cm³/mol. The monoisotopic (exact) mass is 493 g/mol. The number of aromatic nitrogens is 4. The average molecular weight is 494 g/mol. The Labute approximate surface area is 201 Å². The van der Waals surface area contributed by atoms with Crippen LogP contribution in [-0.2, 0) is 15.8 Å². The van der Waals surface area contributed by atoms with Gasteiger partial charge in [0.1, 0.15) is 5.82 Å². The number of halogens is 3. The van der Waals surface area contributed by atoms with E-state index in [1.165, 1.54) is 12.5 Å². The quantitative estimate of drug-likeness (QED) is 0.654. The number of likely N-dealkylation sites (tertiary alicyclic amines) is 2. The van der Waals surface area contributed by atoms with Crippen LogP contribution in [0.3, 0.4) is 0 Å². The maximum atomic E-state index is 13.2. The Morgan fingerprint density at radius 3 is 1.94 bits per heavy atom. The van der Waals surface area contributed by atoms with Crippen LogP contribution >= 0.6 is 0 Å². The first-order valence-electron chi connectivity index (χ1n) is 12.4. The fourth-order valence-corrected chi connectivity index (χ4v) is 5.46. The predicted octanol–water partition coefficient (Wildman–Crippen LogP) is 2.61. The summed E-state index contributed by atoms with van der Waals surface area (Å²) in [5.41, 5.74) is 0.0355. The van der Waals surface area contributed by atoms with Gasteiger partial charge in [0, 0.05) is 51.1 Å². The van der Waals surface area contributed by atoms with Crippen molar-refractivity contribution in [2.45, 2.75) is 51.1 Å². The molecule has 0 bridgehead atoms. The standard InChI is InChI=1S/C23H30F3N7O2/c24-23(25,26)22-28-27-18-4-5-19(29-33(18)22)30-12-6-16(7-13-30)21(35)32-14-8-17(9-15-32)20(34)31-10-2-1-3-11-31/h4-5,16-17H,1-3,6-15H2. The van der Waals surface area contributed by atoms with Crippen molar-refractivity contribution < 1.29 is 22.8 Å². The second-order valence-corrected chi connectivity index (χ2v) is 9.73. The minimum absolute atomic E-state index is 0.0132. The zero-order chi connectivity index (χ0) is 24.6. The normalized spacial score (nSPS) is 21.1. The highest BCUT2D eigenvalue weighted by molar-refractivity contribution is 5.81. The third-order valence-corrected chi connectivity index (χ3v) is 7.49. The van der Waals surface area contributed by atoms with Gasteiger partial charge in [0.2, 0.25) is 11.8 Å². The Bertz CT molecular complexity index is 1070. The van der Waals surface area contributed by atoms with Crippen molar-refractivity contribution in [3.05, 3.63) is 18.0 Å². The second kappa shape index (κ2) is 9.62. The van der Waals surface area contributed by atoms with Gasteiger partial charge in [-0.2, -0.15) is 17.7 Å². The van der Waals surface area contributed by atoms with Gasteiger partial charge in [0.25, 0.3) is 5.82 Å². The van der Waals surface area contributed by atoms with Crippen LogP contribution in [0.25, 0.3) is 5.65 Å². The molecule has 3 aliphatic heterocycles. The Balaban J connectivity index is 1.14. The maximum absolute atomic E-state index is 13.2. The van der Waals surface area contributed by atoms with E-state index in [0.29, 0.717) is 57.7 Å². The molecular formula is C23H30F3N7O2. The summed E-state index contributed by atoms with van der Waals surface area (Å²) < 4.78 is 40.2. The van der Waals surface area contributed by atoms with E-state index in [-0.39, 0.29) is 29.3 Å². The second-order valence-electron chi connectivity index (χ2n) is 9.73. The molecule has 5 rings (SSSR count). The van der Waals surface area contributed by atoms with Gasteiger partial charge in [-0.1, -0.05) is 0 Å². The molecule has 2 amide bonds. The zero-order valence-corrected chi connectivity index (χ0v) is 19.6. The van der Waals surface area contributed by atoms with Crippen LogP contribution in [0.4, 0.5) is 19.0 Å². The number of carbonyl (C=O) groups is 2. The van der Waals surface area contributed by atoms with Crippen LogP contribution in [0.2, 0.25) is 0 Å². The minimum atomic E-state index is -4.64. The summed E-state index contributed by atoms with van der Waals surface area (Å²) >= 11 is 0. The SMILES string of the molecule is O=C(C1CCN(C(=O)C2CCN(c3ccc4nnc(C(F)(F)F)n4n3)CC2)CC1)N1CCCCC1. The minimum Gasteiger partial charge on any atom is -0.355 e. The van der Waals surface area contributed by atoms with E-state index < -0.39 is 12.0 Å². The average Bonchev–Trinajstić information content (AvgIpc) is 3.33. The lowest BCUT2D eigenvalue weighted by molar-refractivity contribution is -0.146. The number of anilines is 1. The first kappa shape index (κ1) is 23.8. The highest BCUT2D eigenvalue weighted by atomic mass is 19.4. The lowest BCUT2D eigenvalue weighted by atomic mass is 9.91. The number of fused-ring (bicyclic) bond motifs is 1. The zero-order valence-electron chi connectivity index (χ0n) is 19.6. The van der Waals surface area contributed by atoms with E-state index in [9.17, 15) is 22.8 Å². The number of nitrogens with zero attached hydrogens (tertiary/aromatic N) is 7. The van der Waals surface area contributed by atoms with E-state index in [2.05, 4.69) is 15.3 Å². The van der Waals surface area contributed by atoms with E-state index in [1.807, 2.05) is 14.7 Å². The number of amides is 2. The van der Waals surface area contributed by atoms with Gasteiger partial charge in [0.15, 0.2) is 5.65 Å². The van der Waals surface area contributed by atoms with Crippen LogP contribution in [0.15, 0.2) is 12.1 Å². The summed E-state index contributed by atoms with van der Waals surface area (Å²) in [7, 11) is 0. The van der Waals surface area contributed by atoms with Crippen LogP contribution in [0.5, 0.6) is 0 Å². The molecule has 9 nitrogen and oxygen atoms in total. The third-order valence-electron chi connectivity index (χ3n) is 7.49. The summed E-state index contributed by atoms with van der Waals surface area (Å²) in [5.74, 6) is -0.483.